The van der Waals surface area contributed by atoms with Gasteiger partial charge in [-0.2, -0.15) is 0 Å². The number of ether oxygens (including phenoxy) is 2. The predicted molar refractivity (Wildman–Crippen MR) is 80.7 cm³/mol. The van der Waals surface area contributed by atoms with Crippen molar-refractivity contribution in [1.29, 1.82) is 0 Å². The molecule has 1 aliphatic rings. The average Bonchev–Trinajstić information content (AvgIpc) is 3.19. The summed E-state index contributed by atoms with van der Waals surface area (Å²) in [6, 6.07) is 7.94. The van der Waals surface area contributed by atoms with Crippen molar-refractivity contribution in [3.63, 3.8) is 0 Å². The van der Waals surface area contributed by atoms with Gasteiger partial charge in [-0.05, 0) is 48.9 Å². The highest BCUT2D eigenvalue weighted by Gasteiger charge is 2.41. The molecule has 2 rings (SSSR count). The van der Waals surface area contributed by atoms with E-state index in [0.29, 0.717) is 12.0 Å². The molecule has 1 aromatic rings. The molecule has 0 bridgehead atoms. The van der Waals surface area contributed by atoms with Gasteiger partial charge in [0.25, 0.3) is 0 Å². The number of hydrogen-bond donors (Lipinski definition) is 1. The Kier molecular flexibility index (Phi) is 5.67. The Bertz CT molecular complexity index is 376. The first kappa shape index (κ1) is 14.8. The molecule has 0 heterocycles. The van der Waals surface area contributed by atoms with Gasteiger partial charge in [0.15, 0.2) is 0 Å². The summed E-state index contributed by atoms with van der Waals surface area (Å²) in [5.41, 5.74) is 0.508. The molecule has 106 valence electrons. The molecule has 0 atom stereocenters. The molecule has 0 aliphatic heterocycles. The highest BCUT2D eigenvalue weighted by molar-refractivity contribution is 9.10. The van der Waals surface area contributed by atoms with Crippen molar-refractivity contribution in [2.24, 2.45) is 5.41 Å². The van der Waals surface area contributed by atoms with E-state index in [1.54, 1.807) is 7.11 Å². The van der Waals surface area contributed by atoms with Gasteiger partial charge in [-0.15, -0.1) is 0 Å². The lowest BCUT2D eigenvalue weighted by molar-refractivity contribution is 0.170. The third kappa shape index (κ3) is 5.13. The van der Waals surface area contributed by atoms with Crippen LogP contribution in [0.4, 0.5) is 0 Å². The van der Waals surface area contributed by atoms with Gasteiger partial charge in [-0.3, -0.25) is 0 Å². The van der Waals surface area contributed by atoms with Crippen molar-refractivity contribution in [1.82, 2.24) is 5.32 Å². The molecule has 1 N–H and O–H groups in total. The number of halogens is 1. The zero-order valence-corrected chi connectivity index (χ0v) is 13.0. The molecule has 19 heavy (non-hydrogen) atoms. The predicted octanol–water partition coefficient (Wildman–Crippen LogP) is 3.23. The lowest BCUT2D eigenvalue weighted by Gasteiger charge is -2.15. The quantitative estimate of drug-likeness (QED) is 0.706. The highest BCUT2D eigenvalue weighted by atomic mass is 79.9. The Morgan fingerprint density at radius 1 is 1.21 bits per heavy atom. The second kappa shape index (κ2) is 7.27. The van der Waals surface area contributed by atoms with Crippen LogP contribution in [0.3, 0.4) is 0 Å². The van der Waals surface area contributed by atoms with Gasteiger partial charge in [0, 0.05) is 31.3 Å². The zero-order valence-electron chi connectivity index (χ0n) is 11.5. The molecule has 0 radical (unpaired) electrons. The van der Waals surface area contributed by atoms with Gasteiger partial charge in [-0.25, -0.2) is 0 Å². The minimum Gasteiger partial charge on any atom is -0.492 e. The molecule has 1 fully saturated rings. The monoisotopic (exact) mass is 327 g/mol. The summed E-state index contributed by atoms with van der Waals surface area (Å²) in [5, 5.41) is 3.49. The van der Waals surface area contributed by atoms with E-state index >= 15 is 0 Å². The number of hydrogen-bond acceptors (Lipinski definition) is 3. The Morgan fingerprint density at radius 3 is 2.58 bits per heavy atom. The summed E-state index contributed by atoms with van der Waals surface area (Å²) in [7, 11) is 1.77. The van der Waals surface area contributed by atoms with Crippen molar-refractivity contribution in [2.45, 2.75) is 19.3 Å². The topological polar surface area (TPSA) is 30.5 Å². The Labute approximate surface area is 123 Å². The summed E-state index contributed by atoms with van der Waals surface area (Å²) in [6.45, 7) is 3.56. The lowest BCUT2D eigenvalue weighted by Crippen LogP contribution is -2.28. The first-order valence-electron chi connectivity index (χ1n) is 6.82. The van der Waals surface area contributed by atoms with E-state index in [4.69, 9.17) is 9.47 Å². The van der Waals surface area contributed by atoms with Crippen molar-refractivity contribution in [2.75, 3.05) is 33.4 Å². The Morgan fingerprint density at radius 2 is 1.95 bits per heavy atom. The average molecular weight is 328 g/mol. The van der Waals surface area contributed by atoms with Crippen LogP contribution < -0.4 is 10.1 Å². The minimum atomic E-state index is 0.508. The van der Waals surface area contributed by atoms with Gasteiger partial charge in [0.2, 0.25) is 0 Å². The van der Waals surface area contributed by atoms with E-state index in [1.165, 1.54) is 19.3 Å². The Balaban J connectivity index is 1.56. The van der Waals surface area contributed by atoms with Crippen LogP contribution in [0.2, 0.25) is 0 Å². The van der Waals surface area contributed by atoms with Crippen LogP contribution in [0.1, 0.15) is 19.3 Å². The van der Waals surface area contributed by atoms with Crippen molar-refractivity contribution in [3.05, 3.63) is 28.7 Å². The van der Waals surface area contributed by atoms with E-state index in [2.05, 4.69) is 21.2 Å². The minimum absolute atomic E-state index is 0.508. The number of rotatable bonds is 9. The molecular formula is C15H22BrNO2. The zero-order chi connectivity index (χ0) is 13.6. The molecular weight excluding hydrogens is 306 g/mol. The largest absolute Gasteiger partial charge is 0.492 e. The molecule has 0 saturated heterocycles. The second-order valence-electron chi connectivity index (χ2n) is 5.22. The fraction of sp³-hybridized carbons (Fsp3) is 0.600. The van der Waals surface area contributed by atoms with Crippen LogP contribution in [0.5, 0.6) is 5.75 Å². The SMILES string of the molecule is COCCC1(CNCCOc2ccc(Br)cc2)CC1. The normalized spacial score (nSPS) is 16.3. The molecule has 1 saturated carbocycles. The first-order valence-corrected chi connectivity index (χ1v) is 7.61. The number of benzene rings is 1. The summed E-state index contributed by atoms with van der Waals surface area (Å²) >= 11 is 3.41. The van der Waals surface area contributed by atoms with Gasteiger partial charge in [-0.1, -0.05) is 15.9 Å². The van der Waals surface area contributed by atoms with E-state index in [-0.39, 0.29) is 0 Å². The molecule has 1 aliphatic carbocycles. The lowest BCUT2D eigenvalue weighted by atomic mass is 10.0. The summed E-state index contributed by atoms with van der Waals surface area (Å²) in [4.78, 5) is 0. The molecule has 0 amide bonds. The molecule has 4 heteroatoms. The fourth-order valence-electron chi connectivity index (χ4n) is 2.14. The maximum absolute atomic E-state index is 5.67. The fourth-order valence-corrected chi connectivity index (χ4v) is 2.40. The van der Waals surface area contributed by atoms with E-state index in [1.807, 2.05) is 24.3 Å². The number of methoxy groups -OCH3 is 1. The van der Waals surface area contributed by atoms with Gasteiger partial charge >= 0.3 is 0 Å². The number of nitrogens with one attached hydrogen (secondary N) is 1. The summed E-state index contributed by atoms with van der Waals surface area (Å²) < 4.78 is 11.9. The molecule has 3 nitrogen and oxygen atoms in total. The van der Waals surface area contributed by atoms with Crippen LogP contribution in [-0.4, -0.2) is 33.4 Å². The van der Waals surface area contributed by atoms with Gasteiger partial charge in [0.1, 0.15) is 12.4 Å². The van der Waals surface area contributed by atoms with Crippen LogP contribution >= 0.6 is 15.9 Å². The Hall–Kier alpha value is -0.580. The van der Waals surface area contributed by atoms with Crippen LogP contribution in [0.15, 0.2) is 28.7 Å². The van der Waals surface area contributed by atoms with Crippen molar-refractivity contribution < 1.29 is 9.47 Å². The molecule has 0 aromatic heterocycles. The summed E-state index contributed by atoms with van der Waals surface area (Å²) in [5.74, 6) is 0.922. The van der Waals surface area contributed by atoms with Gasteiger partial charge < -0.3 is 14.8 Å². The van der Waals surface area contributed by atoms with Crippen molar-refractivity contribution in [3.8, 4) is 5.75 Å². The van der Waals surface area contributed by atoms with Crippen LogP contribution in [-0.2, 0) is 4.74 Å². The van der Waals surface area contributed by atoms with Gasteiger partial charge in [0.05, 0.1) is 0 Å². The summed E-state index contributed by atoms with van der Waals surface area (Å²) in [6.07, 6.45) is 3.83. The molecule has 1 aromatic carbocycles. The third-order valence-electron chi connectivity index (χ3n) is 3.65. The van der Waals surface area contributed by atoms with E-state index < -0.39 is 0 Å². The molecule has 0 unspecified atom stereocenters. The van der Waals surface area contributed by atoms with E-state index in [0.717, 1.165) is 29.9 Å². The maximum atomic E-state index is 5.67. The molecule has 0 spiro atoms. The first-order chi connectivity index (χ1) is 9.24. The third-order valence-corrected chi connectivity index (χ3v) is 4.18. The standard InChI is InChI=1S/C15H22BrNO2/c1-18-10-8-15(6-7-15)12-17-9-11-19-14-4-2-13(16)3-5-14/h2-5,17H,6-12H2,1H3. The van der Waals surface area contributed by atoms with Crippen LogP contribution in [0.25, 0.3) is 0 Å². The van der Waals surface area contributed by atoms with E-state index in [9.17, 15) is 0 Å². The smallest absolute Gasteiger partial charge is 0.119 e. The van der Waals surface area contributed by atoms with Crippen molar-refractivity contribution >= 4 is 15.9 Å². The van der Waals surface area contributed by atoms with Crippen LogP contribution in [0, 0.1) is 5.41 Å². The second-order valence-corrected chi connectivity index (χ2v) is 6.14. The maximum Gasteiger partial charge on any atom is 0.119 e. The highest BCUT2D eigenvalue weighted by Crippen LogP contribution is 2.48.